The summed E-state index contributed by atoms with van der Waals surface area (Å²) in [6, 6.07) is 13.6. The molecule has 0 fully saturated rings. The molecule has 0 radical (unpaired) electrons. The molecule has 37 heavy (non-hydrogen) atoms. The van der Waals surface area contributed by atoms with Crippen molar-refractivity contribution in [2.24, 2.45) is 0 Å². The van der Waals surface area contributed by atoms with E-state index in [0.29, 0.717) is 25.1 Å². The summed E-state index contributed by atoms with van der Waals surface area (Å²) in [7, 11) is -2.66. The first-order chi connectivity index (χ1) is 17.7. The molecule has 3 amide bonds. The van der Waals surface area contributed by atoms with E-state index >= 15 is 0 Å². The number of carbonyl (C=O) groups is 3. The highest BCUT2D eigenvalue weighted by Gasteiger charge is 2.19. The average Bonchev–Trinajstić information content (AvgIpc) is 2.89. The molecule has 3 rings (SSSR count). The fraction of sp³-hybridized carbons (Fsp3) is 0.200. The van der Waals surface area contributed by atoms with Crippen LogP contribution in [0.3, 0.4) is 0 Å². The van der Waals surface area contributed by atoms with Crippen LogP contribution < -0.4 is 15.4 Å². The first-order valence-electron chi connectivity index (χ1n) is 11.1. The van der Waals surface area contributed by atoms with Crippen LogP contribution in [0.1, 0.15) is 36.8 Å². The maximum Gasteiger partial charge on any atom is 0.269 e. The van der Waals surface area contributed by atoms with Gasteiger partial charge in [-0.2, -0.15) is 0 Å². The van der Waals surface area contributed by atoms with Gasteiger partial charge < -0.3 is 15.4 Å². The summed E-state index contributed by atoms with van der Waals surface area (Å²) in [6.45, 7) is 0.909. The number of sulfonamides is 1. The van der Waals surface area contributed by atoms with Crippen molar-refractivity contribution < 1.29 is 31.9 Å². The summed E-state index contributed by atoms with van der Waals surface area (Å²) in [5.74, 6) is -2.13. The van der Waals surface area contributed by atoms with Gasteiger partial charge in [-0.1, -0.05) is 12.1 Å². The standard InChI is InChI=1S/C25H25FN4O6S/c1-36-15-14-28-25(33)22-11-6-19(16-29-22)24(32)30-37(34,35)21-9-2-17(3-10-21)12-13-27-23(31)18-4-7-20(26)8-5-18/h2-11,16H,12-15H2,1H3,(H,27,31)(H,28,33)(H,30,32). The maximum atomic E-state index is 13.0. The molecule has 1 heterocycles. The third-order valence-corrected chi connectivity index (χ3v) is 6.46. The Morgan fingerprint density at radius 3 is 2.11 bits per heavy atom. The summed E-state index contributed by atoms with van der Waals surface area (Å²) in [5, 5.41) is 5.29. The Kier molecular flexibility index (Phi) is 9.41. The number of rotatable bonds is 11. The number of nitrogens with zero attached hydrogens (tertiary/aromatic N) is 1. The molecule has 194 valence electrons. The van der Waals surface area contributed by atoms with E-state index in [0.717, 1.165) is 11.8 Å². The Morgan fingerprint density at radius 1 is 0.838 bits per heavy atom. The van der Waals surface area contributed by atoms with E-state index in [9.17, 15) is 27.2 Å². The zero-order valence-electron chi connectivity index (χ0n) is 19.9. The Hall–Kier alpha value is -4.16. The lowest BCUT2D eigenvalue weighted by Gasteiger charge is -2.09. The lowest BCUT2D eigenvalue weighted by atomic mass is 10.1. The van der Waals surface area contributed by atoms with E-state index in [1.165, 1.54) is 55.6 Å². The molecular weight excluding hydrogens is 503 g/mol. The number of ether oxygens (including phenoxy) is 1. The van der Waals surface area contributed by atoms with Gasteiger partial charge in [-0.15, -0.1) is 0 Å². The van der Waals surface area contributed by atoms with Crippen molar-refractivity contribution in [3.63, 3.8) is 0 Å². The number of methoxy groups -OCH3 is 1. The Balaban J connectivity index is 1.53. The van der Waals surface area contributed by atoms with Gasteiger partial charge in [0.1, 0.15) is 11.5 Å². The monoisotopic (exact) mass is 528 g/mol. The molecule has 0 unspecified atom stereocenters. The van der Waals surface area contributed by atoms with Gasteiger partial charge in [0.2, 0.25) is 0 Å². The number of nitrogens with one attached hydrogen (secondary N) is 3. The van der Waals surface area contributed by atoms with Crippen LogP contribution in [0.25, 0.3) is 0 Å². The fourth-order valence-corrected chi connectivity index (χ4v) is 4.09. The lowest BCUT2D eigenvalue weighted by Crippen LogP contribution is -2.31. The number of hydrogen-bond acceptors (Lipinski definition) is 7. The zero-order valence-corrected chi connectivity index (χ0v) is 20.7. The SMILES string of the molecule is COCCNC(=O)c1ccc(C(=O)NS(=O)(=O)c2ccc(CCNC(=O)c3ccc(F)cc3)cc2)cn1. The van der Waals surface area contributed by atoms with Crippen LogP contribution in [0.2, 0.25) is 0 Å². The van der Waals surface area contributed by atoms with Crippen molar-refractivity contribution in [1.29, 1.82) is 0 Å². The molecule has 3 aromatic rings. The maximum absolute atomic E-state index is 13.0. The van der Waals surface area contributed by atoms with E-state index in [-0.39, 0.29) is 28.6 Å². The molecule has 1 aromatic heterocycles. The van der Waals surface area contributed by atoms with Gasteiger partial charge in [-0.25, -0.2) is 17.5 Å². The minimum Gasteiger partial charge on any atom is -0.383 e. The number of pyridine rings is 1. The van der Waals surface area contributed by atoms with Crippen molar-refractivity contribution >= 4 is 27.7 Å². The second kappa shape index (κ2) is 12.7. The van der Waals surface area contributed by atoms with Crippen LogP contribution in [0.4, 0.5) is 4.39 Å². The van der Waals surface area contributed by atoms with Gasteiger partial charge in [0, 0.05) is 32.0 Å². The quantitative estimate of drug-likeness (QED) is 0.321. The summed E-state index contributed by atoms with van der Waals surface area (Å²) in [6.07, 6.45) is 1.54. The number of halogens is 1. The third-order valence-electron chi connectivity index (χ3n) is 5.12. The average molecular weight is 529 g/mol. The van der Waals surface area contributed by atoms with E-state index in [4.69, 9.17) is 4.74 Å². The molecule has 0 saturated carbocycles. The molecule has 2 aromatic carbocycles. The van der Waals surface area contributed by atoms with Crippen LogP contribution in [-0.2, 0) is 21.2 Å². The van der Waals surface area contributed by atoms with Gasteiger partial charge in [-0.05, 0) is 60.5 Å². The topological polar surface area (TPSA) is 144 Å². The molecule has 0 aliphatic heterocycles. The van der Waals surface area contributed by atoms with Crippen molar-refractivity contribution in [3.8, 4) is 0 Å². The minimum absolute atomic E-state index is 0.0365. The van der Waals surface area contributed by atoms with E-state index in [1.807, 2.05) is 4.72 Å². The second-order valence-electron chi connectivity index (χ2n) is 7.77. The number of amides is 3. The Morgan fingerprint density at radius 2 is 1.49 bits per heavy atom. The van der Waals surface area contributed by atoms with E-state index < -0.39 is 27.7 Å². The Bertz CT molecular complexity index is 1350. The summed E-state index contributed by atoms with van der Waals surface area (Å²) < 4.78 is 45.0. The summed E-state index contributed by atoms with van der Waals surface area (Å²) in [4.78, 5) is 40.2. The first-order valence-corrected chi connectivity index (χ1v) is 12.6. The zero-order chi connectivity index (χ0) is 26.8. The molecule has 0 aliphatic carbocycles. The highest BCUT2D eigenvalue weighted by molar-refractivity contribution is 7.90. The summed E-state index contributed by atoms with van der Waals surface area (Å²) >= 11 is 0. The summed E-state index contributed by atoms with van der Waals surface area (Å²) in [5.41, 5.74) is 1.12. The van der Waals surface area contributed by atoms with E-state index in [2.05, 4.69) is 15.6 Å². The van der Waals surface area contributed by atoms with Crippen LogP contribution in [0.5, 0.6) is 0 Å². The predicted octanol–water partition coefficient (Wildman–Crippen LogP) is 1.69. The van der Waals surface area contributed by atoms with Crippen LogP contribution in [0, 0.1) is 5.82 Å². The predicted molar refractivity (Wildman–Crippen MR) is 132 cm³/mol. The number of carbonyl (C=O) groups excluding carboxylic acids is 3. The second-order valence-corrected chi connectivity index (χ2v) is 9.45. The van der Waals surface area contributed by atoms with Crippen LogP contribution in [0.15, 0.2) is 71.8 Å². The van der Waals surface area contributed by atoms with Gasteiger partial charge in [0.05, 0.1) is 17.1 Å². The molecule has 3 N–H and O–H groups in total. The van der Waals surface area contributed by atoms with Crippen LogP contribution in [-0.4, -0.2) is 57.9 Å². The number of benzene rings is 2. The normalized spacial score (nSPS) is 11.0. The molecule has 0 spiro atoms. The van der Waals surface area contributed by atoms with Crippen molar-refractivity contribution in [1.82, 2.24) is 20.3 Å². The highest BCUT2D eigenvalue weighted by atomic mass is 32.2. The minimum atomic E-state index is -4.16. The van der Waals surface area contributed by atoms with Gasteiger partial charge in [-0.3, -0.25) is 19.4 Å². The van der Waals surface area contributed by atoms with Gasteiger partial charge in [0.25, 0.3) is 27.7 Å². The fourth-order valence-electron chi connectivity index (χ4n) is 3.12. The van der Waals surface area contributed by atoms with Gasteiger partial charge >= 0.3 is 0 Å². The Labute approximate surface area is 213 Å². The first kappa shape index (κ1) is 27.4. The number of hydrogen-bond donors (Lipinski definition) is 3. The van der Waals surface area contributed by atoms with Crippen molar-refractivity contribution in [2.75, 3.05) is 26.8 Å². The molecular formula is C25H25FN4O6S. The van der Waals surface area contributed by atoms with Crippen molar-refractivity contribution in [2.45, 2.75) is 11.3 Å². The molecule has 0 bridgehead atoms. The van der Waals surface area contributed by atoms with E-state index in [1.54, 1.807) is 12.1 Å². The van der Waals surface area contributed by atoms with Crippen LogP contribution >= 0.6 is 0 Å². The third kappa shape index (κ3) is 7.92. The highest BCUT2D eigenvalue weighted by Crippen LogP contribution is 2.12. The number of aromatic nitrogens is 1. The largest absolute Gasteiger partial charge is 0.383 e. The molecule has 12 heteroatoms. The molecule has 0 aliphatic rings. The smallest absolute Gasteiger partial charge is 0.269 e. The van der Waals surface area contributed by atoms with Gasteiger partial charge in [0.15, 0.2) is 0 Å². The molecule has 0 saturated heterocycles. The lowest BCUT2D eigenvalue weighted by molar-refractivity contribution is 0.0927. The van der Waals surface area contributed by atoms with Crippen molar-refractivity contribution in [3.05, 3.63) is 95.1 Å². The molecule has 10 nitrogen and oxygen atoms in total. The molecule has 0 atom stereocenters.